The summed E-state index contributed by atoms with van der Waals surface area (Å²) < 4.78 is 5.28. The van der Waals surface area contributed by atoms with Gasteiger partial charge in [-0.3, -0.25) is 30.6 Å². The number of nitrogens with zero attached hydrogens (tertiary/aromatic N) is 3. The summed E-state index contributed by atoms with van der Waals surface area (Å²) >= 11 is 1.33. The maximum absolute atomic E-state index is 12.2. The second-order valence-electron chi connectivity index (χ2n) is 5.73. The van der Waals surface area contributed by atoms with E-state index in [9.17, 15) is 19.7 Å². The molecule has 3 rings (SSSR count). The highest BCUT2D eigenvalue weighted by Crippen LogP contribution is 2.22. The van der Waals surface area contributed by atoms with Gasteiger partial charge in [0.2, 0.25) is 0 Å². The molecule has 0 spiro atoms. The van der Waals surface area contributed by atoms with Crippen molar-refractivity contribution in [3.05, 3.63) is 50.5 Å². The molecule has 2 amide bonds. The highest BCUT2D eigenvalue weighted by molar-refractivity contribution is 7.13. The Hall–Kier alpha value is -3.05. The van der Waals surface area contributed by atoms with Crippen LogP contribution in [0.2, 0.25) is 0 Å². The van der Waals surface area contributed by atoms with Gasteiger partial charge < -0.3 is 9.64 Å². The summed E-state index contributed by atoms with van der Waals surface area (Å²) in [6.07, 6.45) is 0. The number of amides is 2. The minimum Gasteiger partial charge on any atom is -0.378 e. The molecule has 0 bridgehead atoms. The fourth-order valence-corrected chi connectivity index (χ4v) is 3.44. The molecule has 1 aromatic heterocycles. The molecule has 1 fully saturated rings. The van der Waals surface area contributed by atoms with Gasteiger partial charge in [0.15, 0.2) is 5.13 Å². The molecule has 11 heteroatoms. The van der Waals surface area contributed by atoms with Crippen LogP contribution in [0.3, 0.4) is 0 Å². The molecule has 1 saturated heterocycles. The Morgan fingerprint density at radius 2 is 1.96 bits per heavy atom. The molecular weight excluding hydrogens is 374 g/mol. The van der Waals surface area contributed by atoms with Crippen LogP contribution in [0.4, 0.5) is 10.8 Å². The fraction of sp³-hybridized carbons (Fsp3) is 0.312. The predicted octanol–water partition coefficient (Wildman–Crippen LogP) is 1.27. The highest BCUT2D eigenvalue weighted by Gasteiger charge is 2.20. The van der Waals surface area contributed by atoms with Gasteiger partial charge in [-0.15, -0.1) is 11.3 Å². The number of morpholine rings is 1. The van der Waals surface area contributed by atoms with Crippen molar-refractivity contribution >= 4 is 34.0 Å². The van der Waals surface area contributed by atoms with Gasteiger partial charge in [0.1, 0.15) is 5.69 Å². The van der Waals surface area contributed by atoms with Crippen LogP contribution in [0.15, 0.2) is 23.6 Å². The Labute approximate surface area is 158 Å². The Morgan fingerprint density at radius 1 is 1.26 bits per heavy atom. The average molecular weight is 391 g/mol. The van der Waals surface area contributed by atoms with Crippen LogP contribution in [-0.4, -0.2) is 48.0 Å². The normalized spacial score (nSPS) is 13.9. The van der Waals surface area contributed by atoms with Crippen molar-refractivity contribution in [2.45, 2.75) is 6.92 Å². The fourth-order valence-electron chi connectivity index (χ4n) is 2.58. The van der Waals surface area contributed by atoms with Crippen LogP contribution in [0.1, 0.15) is 26.4 Å². The first-order valence-electron chi connectivity index (χ1n) is 8.10. The van der Waals surface area contributed by atoms with Crippen LogP contribution < -0.4 is 15.8 Å². The van der Waals surface area contributed by atoms with Gasteiger partial charge in [0.25, 0.3) is 17.5 Å². The number of hydrogen-bond acceptors (Lipinski definition) is 8. The third kappa shape index (κ3) is 4.20. The topological polar surface area (TPSA) is 127 Å². The summed E-state index contributed by atoms with van der Waals surface area (Å²) in [7, 11) is 0. The third-order valence-electron chi connectivity index (χ3n) is 4.04. The van der Waals surface area contributed by atoms with Crippen molar-refractivity contribution in [2.75, 3.05) is 31.2 Å². The number of benzene rings is 1. The number of hydrogen-bond donors (Lipinski definition) is 2. The van der Waals surface area contributed by atoms with Gasteiger partial charge in [-0.1, -0.05) is 6.07 Å². The van der Waals surface area contributed by atoms with Gasteiger partial charge in [-0.05, 0) is 13.0 Å². The lowest BCUT2D eigenvalue weighted by molar-refractivity contribution is -0.385. The minimum absolute atomic E-state index is 0.108. The Morgan fingerprint density at radius 3 is 2.67 bits per heavy atom. The minimum atomic E-state index is -0.645. The van der Waals surface area contributed by atoms with Crippen molar-refractivity contribution in [3.63, 3.8) is 0 Å². The second-order valence-corrected chi connectivity index (χ2v) is 6.57. The van der Waals surface area contributed by atoms with E-state index in [0.29, 0.717) is 31.4 Å². The lowest BCUT2D eigenvalue weighted by Crippen LogP contribution is -2.42. The van der Waals surface area contributed by atoms with Gasteiger partial charge in [0.05, 0.1) is 23.7 Å². The van der Waals surface area contributed by atoms with E-state index in [-0.39, 0.29) is 22.5 Å². The molecule has 0 atom stereocenters. The Bertz CT molecular complexity index is 878. The van der Waals surface area contributed by atoms with Gasteiger partial charge in [-0.2, -0.15) is 0 Å². The number of ether oxygens (including phenoxy) is 1. The zero-order chi connectivity index (χ0) is 19.4. The Kier molecular flexibility index (Phi) is 5.62. The van der Waals surface area contributed by atoms with E-state index in [1.54, 1.807) is 5.38 Å². The largest absolute Gasteiger partial charge is 0.378 e. The van der Waals surface area contributed by atoms with Crippen molar-refractivity contribution < 1.29 is 19.2 Å². The molecule has 1 aliphatic rings. The number of carbonyl (C=O) groups excluding carboxylic acids is 2. The quantitative estimate of drug-likeness (QED) is 0.593. The maximum Gasteiger partial charge on any atom is 0.289 e. The van der Waals surface area contributed by atoms with Crippen LogP contribution in [0, 0.1) is 17.0 Å². The van der Waals surface area contributed by atoms with E-state index in [1.807, 2.05) is 4.90 Å². The van der Waals surface area contributed by atoms with Gasteiger partial charge >= 0.3 is 0 Å². The van der Waals surface area contributed by atoms with Crippen molar-refractivity contribution in [2.24, 2.45) is 0 Å². The molecule has 1 aliphatic heterocycles. The number of rotatable bonds is 4. The molecule has 0 unspecified atom stereocenters. The van der Waals surface area contributed by atoms with E-state index >= 15 is 0 Å². The van der Waals surface area contributed by atoms with Crippen molar-refractivity contribution in [3.8, 4) is 0 Å². The van der Waals surface area contributed by atoms with Crippen molar-refractivity contribution in [1.29, 1.82) is 0 Å². The van der Waals surface area contributed by atoms with Gasteiger partial charge in [0, 0.05) is 30.1 Å². The first kappa shape index (κ1) is 18.7. The standard InChI is InChI=1S/C16H17N5O5S/c1-10-11(3-2-4-13(10)21(24)25)14(22)18-19-15(23)12-9-27-16(17-12)20-5-7-26-8-6-20/h2-4,9H,5-8H2,1H3,(H,18,22)(H,19,23). The van der Waals surface area contributed by atoms with E-state index in [1.165, 1.54) is 36.5 Å². The summed E-state index contributed by atoms with van der Waals surface area (Å²) in [6.45, 7) is 4.11. The third-order valence-corrected chi connectivity index (χ3v) is 4.94. The number of aromatic nitrogens is 1. The molecule has 27 heavy (non-hydrogen) atoms. The van der Waals surface area contributed by atoms with Crippen LogP contribution >= 0.6 is 11.3 Å². The molecule has 1 aromatic carbocycles. The van der Waals surface area contributed by atoms with Crippen molar-refractivity contribution in [1.82, 2.24) is 15.8 Å². The molecule has 2 N–H and O–H groups in total. The number of hydrazine groups is 1. The van der Waals surface area contributed by atoms with Crippen LogP contribution in [0.25, 0.3) is 0 Å². The maximum atomic E-state index is 12.2. The number of nitro benzene ring substituents is 1. The second kappa shape index (κ2) is 8.10. The number of thiazole rings is 1. The molecule has 142 valence electrons. The van der Waals surface area contributed by atoms with E-state index in [0.717, 1.165) is 0 Å². The summed E-state index contributed by atoms with van der Waals surface area (Å²) in [5.41, 5.74) is 4.89. The monoisotopic (exact) mass is 391 g/mol. The summed E-state index contributed by atoms with van der Waals surface area (Å²) in [5, 5.41) is 13.3. The first-order chi connectivity index (χ1) is 13.0. The molecule has 0 saturated carbocycles. The zero-order valence-electron chi connectivity index (χ0n) is 14.4. The molecule has 2 heterocycles. The lowest BCUT2D eigenvalue weighted by Gasteiger charge is -2.25. The van der Waals surface area contributed by atoms with E-state index < -0.39 is 16.7 Å². The van der Waals surface area contributed by atoms with Crippen LogP contribution in [-0.2, 0) is 4.74 Å². The number of carbonyl (C=O) groups is 2. The molecule has 2 aromatic rings. The summed E-state index contributed by atoms with van der Waals surface area (Å²) in [5.74, 6) is -1.21. The number of nitrogens with one attached hydrogen (secondary N) is 2. The smallest absolute Gasteiger partial charge is 0.289 e. The average Bonchev–Trinajstić information content (AvgIpc) is 3.17. The highest BCUT2D eigenvalue weighted by atomic mass is 32.1. The molecule has 0 aliphatic carbocycles. The van der Waals surface area contributed by atoms with Crippen LogP contribution in [0.5, 0.6) is 0 Å². The van der Waals surface area contributed by atoms with E-state index in [2.05, 4.69) is 15.8 Å². The van der Waals surface area contributed by atoms with E-state index in [4.69, 9.17) is 4.74 Å². The number of anilines is 1. The Balaban J connectivity index is 1.62. The predicted molar refractivity (Wildman–Crippen MR) is 97.9 cm³/mol. The summed E-state index contributed by atoms with van der Waals surface area (Å²) in [4.78, 5) is 41.1. The lowest BCUT2D eigenvalue weighted by atomic mass is 10.1. The molecule has 10 nitrogen and oxygen atoms in total. The molecule has 0 radical (unpaired) electrons. The SMILES string of the molecule is Cc1c(C(=O)NNC(=O)c2csc(N3CCOCC3)n2)cccc1[N+](=O)[O-]. The number of nitro groups is 1. The zero-order valence-corrected chi connectivity index (χ0v) is 15.2. The van der Waals surface area contributed by atoms with Gasteiger partial charge in [-0.25, -0.2) is 4.98 Å². The summed E-state index contributed by atoms with van der Waals surface area (Å²) in [6, 6.07) is 4.17. The first-order valence-corrected chi connectivity index (χ1v) is 8.98. The molecular formula is C16H17N5O5S.